The van der Waals surface area contributed by atoms with Gasteiger partial charge in [0.1, 0.15) is 11.5 Å². The van der Waals surface area contributed by atoms with E-state index in [9.17, 15) is 13.0 Å². The van der Waals surface area contributed by atoms with Gasteiger partial charge in [-0.05, 0) is 38.0 Å². The normalized spacial score (nSPS) is 11.8. The van der Waals surface area contributed by atoms with Crippen molar-refractivity contribution in [1.82, 2.24) is 0 Å². The van der Waals surface area contributed by atoms with Gasteiger partial charge in [0.2, 0.25) is 0 Å². The summed E-state index contributed by atoms with van der Waals surface area (Å²) in [7, 11) is -2.58. The average Bonchev–Trinajstić information content (AvgIpc) is 2.36. The third kappa shape index (κ3) is 5.22. The maximum absolute atomic E-state index is 10.5. The molecule has 1 aromatic carbocycles. The highest BCUT2D eigenvalue weighted by atomic mass is 32.2. The highest BCUT2D eigenvalue weighted by Gasteiger charge is 2.07. The predicted molar refractivity (Wildman–Crippen MR) is 77.1 cm³/mol. The number of methoxy groups -OCH3 is 1. The molecule has 0 radical (unpaired) electrons. The number of aryl methyl sites for hydroxylation is 1. The van der Waals surface area contributed by atoms with Crippen molar-refractivity contribution in [3.05, 3.63) is 29.3 Å². The highest BCUT2D eigenvalue weighted by molar-refractivity contribution is 7.85. The van der Waals surface area contributed by atoms with Crippen LogP contribution in [0.25, 0.3) is 6.08 Å². The molecule has 0 atom stereocenters. The Labute approximate surface area is 120 Å². The van der Waals surface area contributed by atoms with Gasteiger partial charge in [-0.2, -0.15) is 0 Å². The molecule has 1 aromatic rings. The summed E-state index contributed by atoms with van der Waals surface area (Å²) >= 11 is 0. The van der Waals surface area contributed by atoms with Crippen molar-refractivity contribution in [2.24, 2.45) is 0 Å². The minimum absolute atomic E-state index is 0.173. The topological polar surface area (TPSA) is 75.7 Å². The second kappa shape index (κ2) is 7.31. The summed E-state index contributed by atoms with van der Waals surface area (Å²) in [4.78, 5) is 0. The van der Waals surface area contributed by atoms with Crippen LogP contribution < -0.4 is 9.47 Å². The largest absolute Gasteiger partial charge is 0.748 e. The van der Waals surface area contributed by atoms with E-state index in [4.69, 9.17) is 9.47 Å². The summed E-state index contributed by atoms with van der Waals surface area (Å²) in [5.74, 6) is 0.985. The quantitative estimate of drug-likeness (QED) is 0.570. The van der Waals surface area contributed by atoms with Crippen molar-refractivity contribution in [2.75, 3.05) is 19.5 Å². The van der Waals surface area contributed by atoms with Crippen LogP contribution in [0.15, 0.2) is 18.2 Å². The van der Waals surface area contributed by atoms with Gasteiger partial charge in [-0.3, -0.25) is 0 Å². The van der Waals surface area contributed by atoms with Gasteiger partial charge in [-0.25, -0.2) is 8.42 Å². The van der Waals surface area contributed by atoms with E-state index in [2.05, 4.69) is 0 Å². The van der Waals surface area contributed by atoms with Crippen LogP contribution in [0.4, 0.5) is 0 Å². The molecule has 0 aliphatic carbocycles. The number of benzene rings is 1. The second-order valence-electron chi connectivity index (χ2n) is 4.32. The molecule has 0 unspecified atom stereocenters. The minimum atomic E-state index is -4.18. The van der Waals surface area contributed by atoms with Crippen molar-refractivity contribution in [1.29, 1.82) is 0 Å². The molecule has 0 saturated heterocycles. The zero-order valence-electron chi connectivity index (χ0n) is 11.9. The minimum Gasteiger partial charge on any atom is -0.748 e. The van der Waals surface area contributed by atoms with E-state index in [0.717, 1.165) is 16.9 Å². The smallest absolute Gasteiger partial charge is 0.127 e. The lowest BCUT2D eigenvalue weighted by molar-refractivity contribution is 0.314. The summed E-state index contributed by atoms with van der Waals surface area (Å²) in [5, 5.41) is 0. The molecule has 0 fully saturated rings. The van der Waals surface area contributed by atoms with E-state index >= 15 is 0 Å². The first kappa shape index (κ1) is 16.5. The van der Waals surface area contributed by atoms with E-state index in [-0.39, 0.29) is 13.0 Å². The Hall–Kier alpha value is -1.53. The van der Waals surface area contributed by atoms with Crippen molar-refractivity contribution < 1.29 is 22.4 Å². The molecule has 0 aliphatic heterocycles. The molecule has 20 heavy (non-hydrogen) atoms. The summed E-state index contributed by atoms with van der Waals surface area (Å²) in [6.07, 6.45) is 3.92. The molecule has 0 aromatic heterocycles. The lowest BCUT2D eigenvalue weighted by atomic mass is 10.1. The van der Waals surface area contributed by atoms with E-state index in [1.54, 1.807) is 7.11 Å². The number of allylic oxidation sites excluding steroid dienone is 1. The van der Waals surface area contributed by atoms with Crippen LogP contribution in [0.1, 0.15) is 24.5 Å². The van der Waals surface area contributed by atoms with E-state index in [1.807, 2.05) is 38.1 Å². The monoisotopic (exact) mass is 299 g/mol. The Kier molecular flexibility index (Phi) is 6.04. The standard InChI is InChI=1S/C14H20O5S/c1-4-6-12-10-13(18-3)11(2)9-14(12)19-7-5-8-20(15,16)17/h4,6,9-10H,5,7-8H2,1-3H3,(H,15,16,17)/p-1/b6-4+. The molecule has 0 bridgehead atoms. The molecule has 0 N–H and O–H groups in total. The first-order valence-electron chi connectivity index (χ1n) is 6.25. The summed E-state index contributed by atoms with van der Waals surface area (Å²) in [6.45, 7) is 3.96. The fourth-order valence-electron chi connectivity index (χ4n) is 1.75. The molecular formula is C14H19O5S-. The van der Waals surface area contributed by atoms with Crippen molar-refractivity contribution >= 4 is 16.2 Å². The van der Waals surface area contributed by atoms with E-state index < -0.39 is 15.9 Å². The number of hydrogen-bond acceptors (Lipinski definition) is 5. The molecule has 1 rings (SSSR count). The zero-order valence-corrected chi connectivity index (χ0v) is 12.7. The Morgan fingerprint density at radius 3 is 2.55 bits per heavy atom. The Balaban J connectivity index is 2.80. The number of ether oxygens (including phenoxy) is 2. The van der Waals surface area contributed by atoms with E-state index in [1.165, 1.54) is 0 Å². The van der Waals surface area contributed by atoms with Gasteiger partial charge < -0.3 is 14.0 Å². The van der Waals surface area contributed by atoms with E-state index in [0.29, 0.717) is 5.75 Å². The molecule has 0 aliphatic rings. The number of rotatable bonds is 7. The maximum atomic E-state index is 10.5. The van der Waals surface area contributed by atoms with Crippen LogP contribution in [0.3, 0.4) is 0 Å². The summed E-state index contributed by atoms with van der Waals surface area (Å²) in [6, 6.07) is 3.69. The summed E-state index contributed by atoms with van der Waals surface area (Å²) in [5.41, 5.74) is 1.77. The van der Waals surface area contributed by atoms with Crippen LogP contribution in [0.5, 0.6) is 11.5 Å². The molecular weight excluding hydrogens is 280 g/mol. The number of hydrogen-bond donors (Lipinski definition) is 0. The first-order chi connectivity index (χ1) is 9.37. The molecule has 6 heteroatoms. The van der Waals surface area contributed by atoms with Crippen molar-refractivity contribution in [3.8, 4) is 11.5 Å². The molecule has 112 valence electrons. The lowest BCUT2D eigenvalue weighted by Gasteiger charge is -2.13. The van der Waals surface area contributed by atoms with Crippen molar-refractivity contribution in [3.63, 3.8) is 0 Å². The van der Waals surface area contributed by atoms with Crippen molar-refractivity contribution in [2.45, 2.75) is 20.3 Å². The molecule has 0 spiro atoms. The van der Waals surface area contributed by atoms with Crippen LogP contribution >= 0.6 is 0 Å². The zero-order chi connectivity index (χ0) is 15.2. The lowest BCUT2D eigenvalue weighted by Crippen LogP contribution is -2.09. The van der Waals surface area contributed by atoms with Crippen LogP contribution in [0.2, 0.25) is 0 Å². The average molecular weight is 299 g/mol. The fourth-order valence-corrected chi connectivity index (χ4v) is 2.22. The highest BCUT2D eigenvalue weighted by Crippen LogP contribution is 2.29. The Morgan fingerprint density at radius 1 is 1.30 bits per heavy atom. The maximum Gasteiger partial charge on any atom is 0.127 e. The van der Waals surface area contributed by atoms with Gasteiger partial charge in [-0.1, -0.05) is 12.2 Å². The first-order valence-corrected chi connectivity index (χ1v) is 7.83. The molecule has 0 heterocycles. The Bertz CT molecular complexity index is 575. The van der Waals surface area contributed by atoms with Crippen LogP contribution in [-0.2, 0) is 10.1 Å². The third-order valence-corrected chi connectivity index (χ3v) is 3.46. The predicted octanol–water partition coefficient (Wildman–Crippen LogP) is 2.35. The SMILES string of the molecule is C/C=C/c1cc(OC)c(C)cc1OCCCS(=O)(=O)[O-]. The van der Waals surface area contributed by atoms with Gasteiger partial charge in [0.15, 0.2) is 0 Å². The summed E-state index contributed by atoms with van der Waals surface area (Å²) < 4.78 is 42.3. The third-order valence-electron chi connectivity index (χ3n) is 2.67. The van der Waals surface area contributed by atoms with Gasteiger partial charge in [-0.15, -0.1) is 0 Å². The van der Waals surface area contributed by atoms with Gasteiger partial charge >= 0.3 is 0 Å². The van der Waals surface area contributed by atoms with Gasteiger partial charge in [0, 0.05) is 11.3 Å². The van der Waals surface area contributed by atoms with Crippen LogP contribution in [-0.4, -0.2) is 32.4 Å². The second-order valence-corrected chi connectivity index (χ2v) is 5.85. The fraction of sp³-hybridized carbons (Fsp3) is 0.429. The molecule has 0 amide bonds. The van der Waals surface area contributed by atoms with Gasteiger partial charge in [0.25, 0.3) is 0 Å². The Morgan fingerprint density at radius 2 is 2.00 bits per heavy atom. The molecule has 5 nitrogen and oxygen atoms in total. The molecule has 0 saturated carbocycles. The van der Waals surface area contributed by atoms with Gasteiger partial charge in [0.05, 0.1) is 23.8 Å². The van der Waals surface area contributed by atoms with Crippen LogP contribution in [0, 0.1) is 6.92 Å².